The summed E-state index contributed by atoms with van der Waals surface area (Å²) in [4.78, 5) is 38.5. The summed E-state index contributed by atoms with van der Waals surface area (Å²) in [6.07, 6.45) is 89.0. The maximum absolute atomic E-state index is 13.0. The fraction of sp³-hybridized carbons (Fsp3) is 0.882. The van der Waals surface area contributed by atoms with Crippen LogP contribution in [0.3, 0.4) is 0 Å². The highest BCUT2D eigenvalue weighted by Crippen LogP contribution is 2.19. The lowest BCUT2D eigenvalue weighted by Gasteiger charge is -2.18. The first-order valence-electron chi connectivity index (χ1n) is 37.0. The molecule has 1 atom stereocenters. The summed E-state index contributed by atoms with van der Waals surface area (Å²) in [6.45, 7) is 6.69. The Kier molecular flexibility index (Phi) is 69.1. The van der Waals surface area contributed by atoms with Crippen molar-refractivity contribution in [3.63, 3.8) is 0 Å². The second-order valence-corrected chi connectivity index (χ2v) is 25.2. The zero-order valence-corrected chi connectivity index (χ0v) is 55.5. The third kappa shape index (κ3) is 68.4. The lowest BCUT2D eigenvalue weighted by molar-refractivity contribution is -0.167. The van der Waals surface area contributed by atoms with E-state index in [1.165, 1.54) is 302 Å². The Morgan fingerprint density at radius 1 is 0.244 bits per heavy atom. The first-order chi connectivity index (χ1) is 40.5. The molecule has 1 unspecified atom stereocenters. The Labute approximate surface area is 512 Å². The molecule has 0 rings (SSSR count). The number of carbonyl (C=O) groups excluding carboxylic acids is 3. The largest absolute Gasteiger partial charge is 0.462 e. The highest BCUT2D eigenvalue weighted by atomic mass is 16.6. The van der Waals surface area contributed by atoms with Crippen LogP contribution in [0.2, 0.25) is 0 Å². The van der Waals surface area contributed by atoms with Crippen molar-refractivity contribution in [3.05, 3.63) is 36.5 Å². The molecule has 482 valence electrons. The van der Waals surface area contributed by atoms with Crippen molar-refractivity contribution in [1.82, 2.24) is 0 Å². The molecule has 0 aromatic rings. The van der Waals surface area contributed by atoms with Gasteiger partial charge in [-0.05, 0) is 77.0 Å². The molecule has 0 aliphatic rings. The fourth-order valence-electron chi connectivity index (χ4n) is 11.3. The Hall–Kier alpha value is -2.37. The van der Waals surface area contributed by atoms with Crippen LogP contribution < -0.4 is 0 Å². The topological polar surface area (TPSA) is 78.9 Å². The second kappa shape index (κ2) is 71.1. The normalized spacial score (nSPS) is 12.2. The molecule has 0 aromatic carbocycles. The first-order valence-corrected chi connectivity index (χ1v) is 37.0. The van der Waals surface area contributed by atoms with Gasteiger partial charge in [-0.1, -0.05) is 353 Å². The molecular weight excluding hydrogens is 1010 g/mol. The molecule has 0 aliphatic heterocycles. The van der Waals surface area contributed by atoms with E-state index in [2.05, 4.69) is 57.2 Å². The molecule has 0 aromatic heterocycles. The lowest BCUT2D eigenvalue weighted by Crippen LogP contribution is -2.30. The lowest BCUT2D eigenvalue weighted by atomic mass is 10.0. The van der Waals surface area contributed by atoms with Crippen molar-refractivity contribution in [2.24, 2.45) is 0 Å². The van der Waals surface area contributed by atoms with E-state index in [1.807, 2.05) is 0 Å². The molecule has 0 N–H and O–H groups in total. The van der Waals surface area contributed by atoms with E-state index in [4.69, 9.17) is 14.2 Å². The minimum atomic E-state index is -0.776. The van der Waals surface area contributed by atoms with Gasteiger partial charge in [-0.15, -0.1) is 0 Å². The predicted octanol–water partition coefficient (Wildman–Crippen LogP) is 25.5. The van der Waals surface area contributed by atoms with Crippen molar-refractivity contribution in [2.45, 2.75) is 419 Å². The molecular formula is C76H142O6. The fourth-order valence-corrected chi connectivity index (χ4v) is 11.3. The number of rotatable bonds is 69. The van der Waals surface area contributed by atoms with E-state index in [1.54, 1.807) is 0 Å². The van der Waals surface area contributed by atoms with Crippen LogP contribution in [-0.4, -0.2) is 37.2 Å². The average molecular weight is 1150 g/mol. The van der Waals surface area contributed by atoms with Crippen LogP contribution in [0.25, 0.3) is 0 Å². The SMILES string of the molecule is CCCCC/C=C\C/C=C\CCCCCCCCCC(=O)OCC(COC(=O)CCCCCCCCCCCCCCCCCCCCCCCCCCCCCC)OC(=O)CCCCCCCCCCC/C=C\CCCCCCCC. The molecule has 6 heteroatoms. The predicted molar refractivity (Wildman–Crippen MR) is 358 cm³/mol. The van der Waals surface area contributed by atoms with Crippen LogP contribution in [0.5, 0.6) is 0 Å². The molecule has 0 aliphatic carbocycles. The molecule has 0 fully saturated rings. The second-order valence-electron chi connectivity index (χ2n) is 25.2. The van der Waals surface area contributed by atoms with Crippen molar-refractivity contribution in [2.75, 3.05) is 13.2 Å². The van der Waals surface area contributed by atoms with Crippen molar-refractivity contribution < 1.29 is 28.6 Å². The van der Waals surface area contributed by atoms with Gasteiger partial charge < -0.3 is 14.2 Å². The Balaban J connectivity index is 4.24. The maximum Gasteiger partial charge on any atom is 0.306 e. The summed E-state index contributed by atoms with van der Waals surface area (Å²) < 4.78 is 17.0. The monoisotopic (exact) mass is 1150 g/mol. The number of ether oxygens (including phenoxy) is 3. The zero-order chi connectivity index (χ0) is 59.2. The van der Waals surface area contributed by atoms with Crippen LogP contribution in [0, 0.1) is 0 Å². The van der Waals surface area contributed by atoms with Crippen LogP contribution in [0.4, 0.5) is 0 Å². The Morgan fingerprint density at radius 2 is 0.439 bits per heavy atom. The number of esters is 3. The number of hydrogen-bond acceptors (Lipinski definition) is 6. The van der Waals surface area contributed by atoms with Gasteiger partial charge in [-0.25, -0.2) is 0 Å². The molecule has 0 spiro atoms. The molecule has 0 amide bonds. The van der Waals surface area contributed by atoms with Crippen LogP contribution in [0.1, 0.15) is 412 Å². The summed E-state index contributed by atoms with van der Waals surface area (Å²) >= 11 is 0. The average Bonchev–Trinajstić information content (AvgIpc) is 3.47. The maximum atomic E-state index is 13.0. The molecule has 0 bridgehead atoms. The first kappa shape index (κ1) is 79.6. The van der Waals surface area contributed by atoms with Crippen LogP contribution >= 0.6 is 0 Å². The van der Waals surface area contributed by atoms with E-state index in [0.29, 0.717) is 19.3 Å². The van der Waals surface area contributed by atoms with E-state index in [0.717, 1.165) is 70.6 Å². The van der Waals surface area contributed by atoms with E-state index in [-0.39, 0.29) is 31.1 Å². The van der Waals surface area contributed by atoms with Gasteiger partial charge in [0.15, 0.2) is 6.10 Å². The quantitative estimate of drug-likeness (QED) is 0.0261. The smallest absolute Gasteiger partial charge is 0.306 e. The van der Waals surface area contributed by atoms with Gasteiger partial charge in [0.2, 0.25) is 0 Å². The van der Waals surface area contributed by atoms with Crippen molar-refractivity contribution >= 4 is 17.9 Å². The highest BCUT2D eigenvalue weighted by molar-refractivity contribution is 5.71. The van der Waals surface area contributed by atoms with Crippen LogP contribution in [0.15, 0.2) is 36.5 Å². The number of hydrogen-bond donors (Lipinski definition) is 0. The van der Waals surface area contributed by atoms with E-state index < -0.39 is 6.10 Å². The van der Waals surface area contributed by atoms with Crippen molar-refractivity contribution in [3.8, 4) is 0 Å². The molecule has 0 saturated carbocycles. The van der Waals surface area contributed by atoms with Gasteiger partial charge in [-0.2, -0.15) is 0 Å². The summed E-state index contributed by atoms with van der Waals surface area (Å²) in [5, 5.41) is 0. The molecule has 0 heterocycles. The third-order valence-electron chi connectivity index (χ3n) is 16.9. The van der Waals surface area contributed by atoms with Gasteiger partial charge in [0, 0.05) is 19.3 Å². The van der Waals surface area contributed by atoms with E-state index >= 15 is 0 Å². The molecule has 0 radical (unpaired) electrons. The van der Waals surface area contributed by atoms with Gasteiger partial charge >= 0.3 is 17.9 Å². The Bertz CT molecular complexity index is 1370. The van der Waals surface area contributed by atoms with Gasteiger partial charge in [0.05, 0.1) is 0 Å². The Morgan fingerprint density at radius 3 is 0.707 bits per heavy atom. The summed E-state index contributed by atoms with van der Waals surface area (Å²) in [7, 11) is 0. The summed E-state index contributed by atoms with van der Waals surface area (Å²) in [5.41, 5.74) is 0. The minimum absolute atomic E-state index is 0.0706. The van der Waals surface area contributed by atoms with E-state index in [9.17, 15) is 14.4 Å². The van der Waals surface area contributed by atoms with Gasteiger partial charge in [-0.3, -0.25) is 14.4 Å². The summed E-state index contributed by atoms with van der Waals surface area (Å²) in [5.74, 6) is -0.850. The number of unbranched alkanes of at least 4 members (excludes halogenated alkanes) is 52. The van der Waals surface area contributed by atoms with Crippen LogP contribution in [-0.2, 0) is 28.6 Å². The standard InChI is InChI=1S/C76H142O6/c1-4-7-10-13-16-19-22-25-28-31-33-34-35-36-37-38-39-40-41-43-45-48-51-54-57-60-63-66-69-75(78)81-72-73(71-80-74(77)68-65-62-59-56-53-50-47-44-30-27-24-21-18-15-12-9-6-3)82-76(79)70-67-64-61-58-55-52-49-46-42-32-29-26-23-20-17-14-11-8-5-2/h18,21,26-27,29-30,73H,4-17,19-20,22-25,28,31-72H2,1-3H3/b21-18-,29-26-,30-27-. The molecule has 6 nitrogen and oxygen atoms in total. The summed E-state index contributed by atoms with van der Waals surface area (Å²) in [6, 6.07) is 0. The minimum Gasteiger partial charge on any atom is -0.462 e. The zero-order valence-electron chi connectivity index (χ0n) is 55.5. The molecule has 0 saturated heterocycles. The third-order valence-corrected chi connectivity index (χ3v) is 16.9. The number of carbonyl (C=O) groups is 3. The highest BCUT2D eigenvalue weighted by Gasteiger charge is 2.19. The van der Waals surface area contributed by atoms with Gasteiger partial charge in [0.1, 0.15) is 13.2 Å². The number of allylic oxidation sites excluding steroid dienone is 6. The molecule has 82 heavy (non-hydrogen) atoms. The van der Waals surface area contributed by atoms with Gasteiger partial charge in [0.25, 0.3) is 0 Å². The van der Waals surface area contributed by atoms with Crippen molar-refractivity contribution in [1.29, 1.82) is 0 Å².